The third-order valence-electron chi connectivity index (χ3n) is 5.98. The molecule has 0 fully saturated rings. The number of unbranched alkanes of at least 4 members (excludes halogenated alkanes) is 9. The van der Waals surface area contributed by atoms with Crippen LogP contribution in [-0.4, -0.2) is 30.9 Å². The Morgan fingerprint density at radius 3 is 1.73 bits per heavy atom. The molecule has 0 amide bonds. The predicted octanol–water partition coefficient (Wildman–Crippen LogP) is 7.36. The molecule has 0 bridgehead atoms. The molecule has 1 atom stereocenters. The summed E-state index contributed by atoms with van der Waals surface area (Å²) < 4.78 is 10.5. The fourth-order valence-corrected chi connectivity index (χ4v) is 4.13. The molecule has 0 heterocycles. The zero-order valence-corrected chi connectivity index (χ0v) is 22.1. The number of carbonyl (C=O) groups is 3. The van der Waals surface area contributed by atoms with Gasteiger partial charge >= 0.3 is 11.9 Å². The highest BCUT2D eigenvalue weighted by Gasteiger charge is 2.38. The van der Waals surface area contributed by atoms with Gasteiger partial charge in [-0.1, -0.05) is 84.6 Å². The van der Waals surface area contributed by atoms with Gasteiger partial charge in [-0.3, -0.25) is 14.4 Å². The van der Waals surface area contributed by atoms with Crippen molar-refractivity contribution in [2.75, 3.05) is 13.2 Å². The van der Waals surface area contributed by atoms with Gasteiger partial charge in [0.15, 0.2) is 5.92 Å². The monoisotopic (exact) mass is 466 g/mol. The molecule has 0 spiro atoms. The molecule has 0 aromatic rings. The Labute approximate surface area is 203 Å². The number of hydrogen-bond donors (Lipinski definition) is 0. The van der Waals surface area contributed by atoms with Crippen LogP contribution < -0.4 is 0 Å². The smallest absolute Gasteiger partial charge is 0.324 e. The Morgan fingerprint density at radius 2 is 1.18 bits per heavy atom. The first-order valence-corrected chi connectivity index (χ1v) is 13.5. The summed E-state index contributed by atoms with van der Waals surface area (Å²) in [7, 11) is 0. The Kier molecular flexibility index (Phi) is 19.9. The zero-order chi connectivity index (χ0) is 24.9. The van der Waals surface area contributed by atoms with Gasteiger partial charge in [-0.15, -0.1) is 0 Å². The van der Waals surface area contributed by atoms with Crippen molar-refractivity contribution in [2.45, 2.75) is 125 Å². The van der Waals surface area contributed by atoms with Crippen LogP contribution in [0.5, 0.6) is 0 Å². The lowest BCUT2D eigenvalue weighted by atomic mass is 9.79. The van der Waals surface area contributed by atoms with Crippen LogP contribution in [0.2, 0.25) is 0 Å². The van der Waals surface area contributed by atoms with Gasteiger partial charge in [-0.25, -0.2) is 0 Å². The topological polar surface area (TPSA) is 69.7 Å². The molecular weight excluding hydrogens is 416 g/mol. The Balaban J connectivity index is 5.95. The van der Waals surface area contributed by atoms with Crippen molar-refractivity contribution < 1.29 is 23.9 Å². The number of allylic oxidation sites excluding steroid dienone is 1. The first-order valence-electron chi connectivity index (χ1n) is 13.5. The zero-order valence-electron chi connectivity index (χ0n) is 22.1. The Morgan fingerprint density at radius 1 is 0.667 bits per heavy atom. The number of ketones is 1. The third kappa shape index (κ3) is 13.6. The second-order valence-electron chi connectivity index (χ2n) is 8.82. The normalized spacial score (nSPS) is 12.6. The number of carbonyl (C=O) groups excluding carboxylic acids is 3. The molecule has 0 aliphatic carbocycles. The molecule has 33 heavy (non-hydrogen) atoms. The largest absolute Gasteiger partial charge is 0.465 e. The minimum Gasteiger partial charge on any atom is -0.465 e. The van der Waals surface area contributed by atoms with Crippen LogP contribution >= 0.6 is 0 Å². The van der Waals surface area contributed by atoms with Crippen molar-refractivity contribution in [2.24, 2.45) is 11.8 Å². The average molecular weight is 467 g/mol. The van der Waals surface area contributed by atoms with E-state index >= 15 is 0 Å². The van der Waals surface area contributed by atoms with Crippen molar-refractivity contribution in [3.05, 3.63) is 11.6 Å². The first kappa shape index (κ1) is 31.4. The standard InChI is InChI=1S/C28H50O5/c1-6-11-14-16-19-22-25(29)23(20-17-13-8-3)24(21-18-15-12-7-2)26(27(30)32-9-4)28(31)33-10-5/h21,23,26H,6-20,22H2,1-5H3/b24-21+. The number of ether oxygens (including phenoxy) is 2. The predicted molar refractivity (Wildman–Crippen MR) is 135 cm³/mol. The molecule has 0 N–H and O–H groups in total. The summed E-state index contributed by atoms with van der Waals surface area (Å²) in [6, 6.07) is 0. The molecule has 0 aromatic heterocycles. The molecule has 5 heteroatoms. The van der Waals surface area contributed by atoms with E-state index in [-0.39, 0.29) is 19.0 Å². The maximum atomic E-state index is 13.4. The summed E-state index contributed by atoms with van der Waals surface area (Å²) in [5.41, 5.74) is 0.609. The molecule has 0 saturated heterocycles. The molecule has 0 aliphatic heterocycles. The molecule has 0 aromatic carbocycles. The maximum absolute atomic E-state index is 13.4. The van der Waals surface area contributed by atoms with Gasteiger partial charge in [-0.2, -0.15) is 0 Å². The minimum atomic E-state index is -1.15. The van der Waals surface area contributed by atoms with Crippen molar-refractivity contribution in [1.82, 2.24) is 0 Å². The van der Waals surface area contributed by atoms with Crippen molar-refractivity contribution in [3.8, 4) is 0 Å². The highest BCUT2D eigenvalue weighted by molar-refractivity contribution is 6.00. The van der Waals surface area contributed by atoms with Crippen molar-refractivity contribution in [3.63, 3.8) is 0 Å². The quantitative estimate of drug-likeness (QED) is 0.0764. The van der Waals surface area contributed by atoms with Gasteiger partial charge in [0.1, 0.15) is 5.78 Å². The van der Waals surface area contributed by atoms with Crippen molar-refractivity contribution in [1.29, 1.82) is 0 Å². The maximum Gasteiger partial charge on any atom is 0.324 e. The van der Waals surface area contributed by atoms with Crippen molar-refractivity contribution >= 4 is 17.7 Å². The van der Waals surface area contributed by atoms with Gasteiger partial charge in [0.2, 0.25) is 0 Å². The van der Waals surface area contributed by atoms with Crippen LogP contribution in [0.1, 0.15) is 125 Å². The van der Waals surface area contributed by atoms with E-state index in [1.165, 1.54) is 12.8 Å². The number of rotatable bonds is 21. The summed E-state index contributed by atoms with van der Waals surface area (Å²) in [6.07, 6.45) is 15.3. The van der Waals surface area contributed by atoms with E-state index in [9.17, 15) is 14.4 Å². The van der Waals surface area contributed by atoms with Gasteiger partial charge < -0.3 is 9.47 Å². The highest BCUT2D eigenvalue weighted by atomic mass is 16.6. The SMILES string of the molecule is CCCCC/C=C(\C(CCCCC)C(=O)CCCCCCC)C(C(=O)OCC)C(=O)OCC. The summed E-state index contributed by atoms with van der Waals surface area (Å²) >= 11 is 0. The molecule has 0 rings (SSSR count). The van der Waals surface area contributed by atoms with E-state index in [0.29, 0.717) is 18.4 Å². The van der Waals surface area contributed by atoms with E-state index in [0.717, 1.165) is 64.2 Å². The second-order valence-corrected chi connectivity index (χ2v) is 8.82. The lowest BCUT2D eigenvalue weighted by Gasteiger charge is -2.25. The molecule has 1 unspecified atom stereocenters. The van der Waals surface area contributed by atoms with Gasteiger partial charge in [0, 0.05) is 12.3 Å². The number of hydrogen-bond acceptors (Lipinski definition) is 5. The van der Waals surface area contributed by atoms with E-state index < -0.39 is 23.8 Å². The molecule has 0 radical (unpaired) electrons. The Hall–Kier alpha value is -1.65. The van der Waals surface area contributed by atoms with Crippen LogP contribution in [0.25, 0.3) is 0 Å². The molecule has 5 nitrogen and oxygen atoms in total. The van der Waals surface area contributed by atoms with Gasteiger partial charge in [-0.05, 0) is 45.1 Å². The second kappa shape index (κ2) is 20.9. The van der Waals surface area contributed by atoms with Crippen LogP contribution in [-0.2, 0) is 23.9 Å². The third-order valence-corrected chi connectivity index (χ3v) is 5.98. The summed E-state index contributed by atoms with van der Waals surface area (Å²) in [5, 5.41) is 0. The molecule has 192 valence electrons. The highest BCUT2D eigenvalue weighted by Crippen LogP contribution is 2.31. The van der Waals surface area contributed by atoms with E-state index in [4.69, 9.17) is 9.47 Å². The van der Waals surface area contributed by atoms with Crippen LogP contribution in [0.3, 0.4) is 0 Å². The fourth-order valence-electron chi connectivity index (χ4n) is 4.13. The summed E-state index contributed by atoms with van der Waals surface area (Å²) in [4.78, 5) is 39.2. The summed E-state index contributed by atoms with van der Waals surface area (Å²) in [5.74, 6) is -2.64. The van der Waals surface area contributed by atoms with E-state index in [1.54, 1.807) is 13.8 Å². The van der Waals surface area contributed by atoms with Gasteiger partial charge in [0.25, 0.3) is 0 Å². The molecule has 0 aliphatic rings. The van der Waals surface area contributed by atoms with E-state index in [1.807, 2.05) is 6.08 Å². The molecule has 0 saturated carbocycles. The molecular formula is C28H50O5. The van der Waals surface area contributed by atoms with Crippen LogP contribution in [0.4, 0.5) is 0 Å². The summed E-state index contributed by atoms with van der Waals surface area (Å²) in [6.45, 7) is 10.3. The lowest BCUT2D eigenvalue weighted by Crippen LogP contribution is -2.34. The lowest BCUT2D eigenvalue weighted by molar-refractivity contribution is -0.159. The van der Waals surface area contributed by atoms with Gasteiger partial charge in [0.05, 0.1) is 13.2 Å². The van der Waals surface area contributed by atoms with E-state index in [2.05, 4.69) is 20.8 Å². The van der Waals surface area contributed by atoms with Crippen LogP contribution in [0, 0.1) is 11.8 Å². The average Bonchev–Trinajstić information content (AvgIpc) is 2.79. The first-order chi connectivity index (χ1) is 16.0. The number of esters is 2. The number of Topliss-reactive ketones (excluding diaryl/α,β-unsaturated/α-hetero) is 1. The van der Waals surface area contributed by atoms with Crippen LogP contribution in [0.15, 0.2) is 11.6 Å². The minimum absolute atomic E-state index is 0.142. The Bertz CT molecular complexity index is 549. The fraction of sp³-hybridized carbons (Fsp3) is 0.821.